The number of aryl methyl sites for hydroxylation is 2. The Balaban J connectivity index is 1.42. The zero-order valence-electron chi connectivity index (χ0n) is 16.9. The lowest BCUT2D eigenvalue weighted by Crippen LogP contribution is -2.35. The second-order valence-electron chi connectivity index (χ2n) is 8.40. The summed E-state index contributed by atoms with van der Waals surface area (Å²) in [5.74, 6) is 0.407. The van der Waals surface area contributed by atoms with E-state index in [-0.39, 0.29) is 5.16 Å². The van der Waals surface area contributed by atoms with Gasteiger partial charge in [0, 0.05) is 25.3 Å². The molecule has 0 amide bonds. The van der Waals surface area contributed by atoms with E-state index in [1.54, 1.807) is 0 Å². The van der Waals surface area contributed by atoms with Crippen LogP contribution < -0.4 is 5.32 Å². The molecule has 8 nitrogen and oxygen atoms in total. The molecule has 2 aliphatic carbocycles. The minimum Gasteiger partial charge on any atom is -0.324 e. The van der Waals surface area contributed by atoms with E-state index in [4.69, 9.17) is 0 Å². The van der Waals surface area contributed by atoms with E-state index in [2.05, 4.69) is 31.5 Å². The van der Waals surface area contributed by atoms with E-state index < -0.39 is 10.0 Å². The van der Waals surface area contributed by atoms with E-state index in [9.17, 15) is 8.42 Å². The number of benzene rings is 1. The lowest BCUT2D eigenvalue weighted by atomic mass is 9.99. The Morgan fingerprint density at radius 1 is 0.931 bits per heavy atom. The average Bonchev–Trinajstić information content (AvgIpc) is 3.41. The molecule has 3 aliphatic rings. The second kappa shape index (κ2) is 7.37. The van der Waals surface area contributed by atoms with Gasteiger partial charge in [0.15, 0.2) is 0 Å². The monoisotopic (exact) mass is 416 g/mol. The van der Waals surface area contributed by atoms with Gasteiger partial charge in [0.2, 0.25) is 5.95 Å². The van der Waals surface area contributed by atoms with Crippen molar-refractivity contribution in [1.82, 2.24) is 24.4 Å². The third-order valence-electron chi connectivity index (χ3n) is 6.45. The predicted octanol–water partition coefficient (Wildman–Crippen LogP) is 1.85. The van der Waals surface area contributed by atoms with Crippen molar-refractivity contribution in [2.75, 3.05) is 38.5 Å². The Kier molecular flexibility index (Phi) is 4.84. The third-order valence-corrected chi connectivity index (χ3v) is 8.16. The third kappa shape index (κ3) is 3.45. The van der Waals surface area contributed by atoms with Crippen molar-refractivity contribution in [3.05, 3.63) is 28.3 Å². The first-order valence-corrected chi connectivity index (χ1v) is 12.0. The summed E-state index contributed by atoms with van der Waals surface area (Å²) in [5.41, 5.74) is 6.71. The molecule has 2 aromatic rings. The van der Waals surface area contributed by atoms with Crippen molar-refractivity contribution < 1.29 is 8.42 Å². The summed E-state index contributed by atoms with van der Waals surface area (Å²) in [4.78, 5) is 5.09. The summed E-state index contributed by atoms with van der Waals surface area (Å²) in [6.07, 6.45) is 7.53. The molecule has 1 aliphatic heterocycles. The first kappa shape index (κ1) is 19.0. The molecule has 0 spiro atoms. The highest BCUT2D eigenvalue weighted by molar-refractivity contribution is 7.88. The Morgan fingerprint density at radius 3 is 2.38 bits per heavy atom. The summed E-state index contributed by atoms with van der Waals surface area (Å²) in [6.45, 7) is 2.61. The number of rotatable bonds is 4. The van der Waals surface area contributed by atoms with Gasteiger partial charge in [-0.15, -0.1) is 10.2 Å². The van der Waals surface area contributed by atoms with Gasteiger partial charge in [0.25, 0.3) is 15.2 Å². The van der Waals surface area contributed by atoms with Gasteiger partial charge >= 0.3 is 0 Å². The Hall–Kier alpha value is -1.97. The van der Waals surface area contributed by atoms with E-state index in [1.807, 2.05) is 7.05 Å². The summed E-state index contributed by atoms with van der Waals surface area (Å²) in [6, 6.07) is 2.38. The molecule has 29 heavy (non-hydrogen) atoms. The molecule has 1 aromatic carbocycles. The van der Waals surface area contributed by atoms with Gasteiger partial charge < -0.3 is 10.2 Å². The van der Waals surface area contributed by atoms with Crippen molar-refractivity contribution in [2.24, 2.45) is 0 Å². The number of nitrogens with zero attached hydrogens (tertiary/aromatic N) is 4. The minimum atomic E-state index is -3.67. The molecule has 1 aromatic heterocycles. The number of aromatic nitrogens is 3. The number of nitrogens with one attached hydrogen (secondary N) is 2. The van der Waals surface area contributed by atoms with E-state index in [0.29, 0.717) is 19.0 Å². The van der Waals surface area contributed by atoms with Crippen LogP contribution in [0.1, 0.15) is 41.5 Å². The van der Waals surface area contributed by atoms with Crippen LogP contribution in [0.25, 0.3) is 0 Å². The van der Waals surface area contributed by atoms with Crippen molar-refractivity contribution in [3.63, 3.8) is 0 Å². The molecule has 1 saturated heterocycles. The zero-order chi connectivity index (χ0) is 20.0. The van der Waals surface area contributed by atoms with Crippen LogP contribution in [0.5, 0.6) is 0 Å². The van der Waals surface area contributed by atoms with Crippen LogP contribution in [0.4, 0.5) is 11.6 Å². The SMILES string of the molecule is CN1CCCN(S(=O)(=O)c2nnc(Nc3c4c(cc5c3CCC5)CCC4)[nH]2)CC1. The van der Waals surface area contributed by atoms with Crippen molar-refractivity contribution in [3.8, 4) is 0 Å². The van der Waals surface area contributed by atoms with Gasteiger partial charge in [0.05, 0.1) is 0 Å². The van der Waals surface area contributed by atoms with Crippen LogP contribution in [-0.4, -0.2) is 66.0 Å². The van der Waals surface area contributed by atoms with Crippen LogP contribution in [0.15, 0.2) is 11.2 Å². The molecule has 0 saturated carbocycles. The Morgan fingerprint density at radius 2 is 1.66 bits per heavy atom. The quantitative estimate of drug-likeness (QED) is 0.790. The molecular formula is C20H28N6O2S. The van der Waals surface area contributed by atoms with Gasteiger partial charge in [-0.05, 0) is 80.8 Å². The molecule has 0 bridgehead atoms. The summed E-state index contributed by atoms with van der Waals surface area (Å²) < 4.78 is 27.6. The summed E-state index contributed by atoms with van der Waals surface area (Å²) in [5, 5.41) is 11.4. The normalized spacial score (nSPS) is 20.4. The lowest BCUT2D eigenvalue weighted by Gasteiger charge is -2.18. The zero-order valence-corrected chi connectivity index (χ0v) is 17.7. The van der Waals surface area contributed by atoms with Crippen molar-refractivity contribution in [1.29, 1.82) is 0 Å². The number of sulfonamides is 1. The fourth-order valence-corrected chi connectivity index (χ4v) is 6.20. The summed E-state index contributed by atoms with van der Waals surface area (Å²) >= 11 is 0. The Bertz CT molecular complexity index is 1000. The first-order chi connectivity index (χ1) is 14.0. The lowest BCUT2D eigenvalue weighted by molar-refractivity contribution is 0.346. The number of H-pyrrole nitrogens is 1. The number of fused-ring (bicyclic) bond motifs is 2. The highest BCUT2D eigenvalue weighted by Gasteiger charge is 2.30. The van der Waals surface area contributed by atoms with E-state index >= 15 is 0 Å². The molecule has 1 fully saturated rings. The van der Waals surface area contributed by atoms with Crippen LogP contribution in [0, 0.1) is 0 Å². The minimum absolute atomic E-state index is 0.0752. The highest BCUT2D eigenvalue weighted by atomic mass is 32.2. The number of hydrogen-bond acceptors (Lipinski definition) is 6. The Labute approximate surface area is 171 Å². The van der Waals surface area contributed by atoms with Gasteiger partial charge in [-0.3, -0.25) is 4.98 Å². The largest absolute Gasteiger partial charge is 0.324 e. The van der Waals surface area contributed by atoms with E-state index in [0.717, 1.165) is 50.9 Å². The molecule has 0 atom stereocenters. The van der Waals surface area contributed by atoms with Gasteiger partial charge in [-0.2, -0.15) is 4.31 Å². The van der Waals surface area contributed by atoms with Crippen LogP contribution in [0.3, 0.4) is 0 Å². The molecule has 2 N–H and O–H groups in total. The molecule has 156 valence electrons. The van der Waals surface area contributed by atoms with Crippen molar-refractivity contribution in [2.45, 2.75) is 50.1 Å². The van der Waals surface area contributed by atoms with Gasteiger partial charge in [-0.1, -0.05) is 6.07 Å². The van der Waals surface area contributed by atoms with E-state index in [1.165, 1.54) is 39.4 Å². The smallest absolute Gasteiger partial charge is 0.278 e. The van der Waals surface area contributed by atoms with Crippen LogP contribution in [0.2, 0.25) is 0 Å². The average molecular weight is 417 g/mol. The molecule has 2 heterocycles. The number of anilines is 2. The maximum Gasteiger partial charge on any atom is 0.278 e. The molecule has 9 heteroatoms. The van der Waals surface area contributed by atoms with Crippen molar-refractivity contribution >= 4 is 21.7 Å². The van der Waals surface area contributed by atoms with Crippen LogP contribution in [-0.2, 0) is 35.7 Å². The molecule has 0 radical (unpaired) electrons. The highest BCUT2D eigenvalue weighted by Crippen LogP contribution is 2.39. The second-order valence-corrected chi connectivity index (χ2v) is 10.3. The fraction of sp³-hybridized carbons (Fsp3) is 0.600. The molecular weight excluding hydrogens is 388 g/mol. The topological polar surface area (TPSA) is 94.2 Å². The fourth-order valence-electron chi connectivity index (χ4n) is 4.89. The first-order valence-electron chi connectivity index (χ1n) is 10.6. The molecule has 0 unspecified atom stereocenters. The number of aromatic amines is 1. The maximum absolute atomic E-state index is 13.0. The van der Waals surface area contributed by atoms with Crippen LogP contribution >= 0.6 is 0 Å². The number of hydrogen-bond donors (Lipinski definition) is 2. The number of likely N-dealkylation sites (N-methyl/N-ethyl adjacent to an activating group) is 1. The standard InChI is InChI=1S/C20H28N6O2S/c1-25-9-4-10-26(12-11-25)29(27,28)20-22-19(23-24-20)21-18-16-7-2-5-14(16)13-15-6-3-8-17(15)18/h13H,2-12H2,1H3,(H2,21,22,23,24). The predicted molar refractivity (Wildman–Crippen MR) is 111 cm³/mol. The van der Waals surface area contributed by atoms with Gasteiger partial charge in [0.1, 0.15) is 0 Å². The van der Waals surface area contributed by atoms with Gasteiger partial charge in [-0.25, -0.2) is 8.42 Å². The molecule has 5 rings (SSSR count). The maximum atomic E-state index is 13.0. The summed E-state index contributed by atoms with van der Waals surface area (Å²) in [7, 11) is -1.65.